The highest BCUT2D eigenvalue weighted by atomic mass is 32.2. The molecule has 0 atom stereocenters. The zero-order valence-electron chi connectivity index (χ0n) is 10.1. The lowest BCUT2D eigenvalue weighted by Gasteiger charge is -2.04. The standard InChI is InChI=1S/C15H14O2S/c1-3-12-5-4-6-14(11-12)13-7-9-15(10-8-13)18(2,16)17/h3-11H,1H2,2H3. The van der Waals surface area contributed by atoms with E-state index < -0.39 is 9.84 Å². The van der Waals surface area contributed by atoms with E-state index in [0.717, 1.165) is 16.7 Å². The second-order valence-electron chi connectivity index (χ2n) is 4.13. The molecule has 0 aliphatic carbocycles. The van der Waals surface area contributed by atoms with Gasteiger partial charge in [0.1, 0.15) is 0 Å². The summed E-state index contributed by atoms with van der Waals surface area (Å²) in [7, 11) is -3.13. The molecule has 0 heterocycles. The van der Waals surface area contributed by atoms with Crippen LogP contribution in [-0.2, 0) is 9.84 Å². The van der Waals surface area contributed by atoms with Crippen molar-refractivity contribution >= 4 is 15.9 Å². The summed E-state index contributed by atoms with van der Waals surface area (Å²) in [6, 6.07) is 14.8. The Hall–Kier alpha value is -1.87. The number of sulfone groups is 1. The van der Waals surface area contributed by atoms with Gasteiger partial charge < -0.3 is 0 Å². The maximum Gasteiger partial charge on any atom is 0.175 e. The quantitative estimate of drug-likeness (QED) is 0.845. The van der Waals surface area contributed by atoms with Gasteiger partial charge in [-0.25, -0.2) is 8.42 Å². The van der Waals surface area contributed by atoms with Gasteiger partial charge in [-0.05, 0) is 34.9 Å². The molecule has 3 heteroatoms. The summed E-state index contributed by atoms with van der Waals surface area (Å²) < 4.78 is 22.7. The van der Waals surface area contributed by atoms with Gasteiger partial charge in [0.15, 0.2) is 9.84 Å². The zero-order chi connectivity index (χ0) is 13.2. The second-order valence-corrected chi connectivity index (χ2v) is 6.14. The fourth-order valence-corrected chi connectivity index (χ4v) is 2.37. The second kappa shape index (κ2) is 4.78. The molecule has 0 aliphatic heterocycles. The molecule has 0 saturated heterocycles. The first-order chi connectivity index (χ1) is 8.50. The summed E-state index contributed by atoms with van der Waals surface area (Å²) in [4.78, 5) is 0.339. The predicted molar refractivity (Wildman–Crippen MR) is 75.1 cm³/mol. The van der Waals surface area contributed by atoms with Crippen molar-refractivity contribution in [3.63, 3.8) is 0 Å². The molecule has 92 valence electrons. The molecule has 0 unspecified atom stereocenters. The van der Waals surface area contributed by atoms with Gasteiger partial charge >= 0.3 is 0 Å². The van der Waals surface area contributed by atoms with E-state index in [1.54, 1.807) is 18.2 Å². The molecule has 0 radical (unpaired) electrons. The van der Waals surface area contributed by atoms with Crippen LogP contribution in [0.3, 0.4) is 0 Å². The molecule has 0 aromatic heterocycles. The van der Waals surface area contributed by atoms with Crippen molar-refractivity contribution in [2.45, 2.75) is 4.90 Å². The summed E-state index contributed by atoms with van der Waals surface area (Å²) in [5.41, 5.74) is 3.08. The van der Waals surface area contributed by atoms with Crippen LogP contribution < -0.4 is 0 Å². The fourth-order valence-electron chi connectivity index (χ4n) is 1.74. The van der Waals surface area contributed by atoms with Gasteiger partial charge in [0.25, 0.3) is 0 Å². The Morgan fingerprint density at radius 3 is 2.22 bits per heavy atom. The van der Waals surface area contributed by atoms with Crippen LogP contribution >= 0.6 is 0 Å². The van der Waals surface area contributed by atoms with Crippen molar-refractivity contribution in [1.29, 1.82) is 0 Å². The molecule has 2 aromatic carbocycles. The summed E-state index contributed by atoms with van der Waals surface area (Å²) in [6.07, 6.45) is 2.99. The molecule has 18 heavy (non-hydrogen) atoms. The van der Waals surface area contributed by atoms with E-state index in [1.165, 1.54) is 6.26 Å². The molecule has 0 spiro atoms. The van der Waals surface area contributed by atoms with Gasteiger partial charge in [0.2, 0.25) is 0 Å². The predicted octanol–water partition coefficient (Wildman–Crippen LogP) is 3.40. The Bertz CT molecular complexity index is 668. The first kappa shape index (κ1) is 12.6. The highest BCUT2D eigenvalue weighted by Gasteiger charge is 2.06. The van der Waals surface area contributed by atoms with Gasteiger partial charge in [0, 0.05) is 6.26 Å². The topological polar surface area (TPSA) is 34.1 Å². The normalized spacial score (nSPS) is 11.2. The van der Waals surface area contributed by atoms with Crippen LogP contribution in [0.25, 0.3) is 17.2 Å². The molecule has 0 amide bonds. The first-order valence-corrected chi connectivity index (χ1v) is 7.43. The van der Waals surface area contributed by atoms with Gasteiger partial charge in [-0.15, -0.1) is 0 Å². The minimum atomic E-state index is -3.13. The highest BCUT2D eigenvalue weighted by Crippen LogP contribution is 2.22. The van der Waals surface area contributed by atoms with Crippen LogP contribution in [0.4, 0.5) is 0 Å². The summed E-state index contributed by atoms with van der Waals surface area (Å²) >= 11 is 0. The van der Waals surface area contributed by atoms with E-state index >= 15 is 0 Å². The monoisotopic (exact) mass is 258 g/mol. The Morgan fingerprint density at radius 2 is 1.67 bits per heavy atom. The SMILES string of the molecule is C=Cc1cccc(-c2ccc(S(C)(=O)=O)cc2)c1. The van der Waals surface area contributed by atoms with E-state index in [0.29, 0.717) is 4.90 Å². The maximum atomic E-state index is 11.4. The van der Waals surface area contributed by atoms with Crippen LogP contribution in [-0.4, -0.2) is 14.7 Å². The van der Waals surface area contributed by atoms with Crippen molar-refractivity contribution in [3.8, 4) is 11.1 Å². The van der Waals surface area contributed by atoms with Crippen molar-refractivity contribution in [3.05, 3.63) is 60.7 Å². The number of hydrogen-bond donors (Lipinski definition) is 0. The summed E-state index contributed by atoms with van der Waals surface area (Å²) in [5, 5.41) is 0. The lowest BCUT2D eigenvalue weighted by Crippen LogP contribution is -1.96. The molecule has 0 fully saturated rings. The summed E-state index contributed by atoms with van der Waals surface area (Å²) in [5.74, 6) is 0. The largest absolute Gasteiger partial charge is 0.224 e. The molecule has 0 aliphatic rings. The molecular formula is C15H14O2S. The number of benzene rings is 2. The van der Waals surface area contributed by atoms with E-state index in [-0.39, 0.29) is 0 Å². The fraction of sp³-hybridized carbons (Fsp3) is 0.0667. The molecular weight excluding hydrogens is 244 g/mol. The van der Waals surface area contributed by atoms with Gasteiger partial charge in [-0.1, -0.05) is 43.0 Å². The zero-order valence-corrected chi connectivity index (χ0v) is 10.9. The number of rotatable bonds is 3. The maximum absolute atomic E-state index is 11.4. The van der Waals surface area contributed by atoms with Crippen LogP contribution in [0.1, 0.15) is 5.56 Å². The van der Waals surface area contributed by atoms with Gasteiger partial charge in [0.05, 0.1) is 4.90 Å². The smallest absolute Gasteiger partial charge is 0.175 e. The van der Waals surface area contributed by atoms with E-state index in [1.807, 2.05) is 36.4 Å². The average molecular weight is 258 g/mol. The van der Waals surface area contributed by atoms with E-state index in [2.05, 4.69) is 6.58 Å². The van der Waals surface area contributed by atoms with Crippen LogP contribution in [0.2, 0.25) is 0 Å². The Morgan fingerprint density at radius 1 is 1.00 bits per heavy atom. The molecule has 2 aromatic rings. The van der Waals surface area contributed by atoms with Gasteiger partial charge in [-0.2, -0.15) is 0 Å². The van der Waals surface area contributed by atoms with Crippen molar-refractivity contribution in [2.24, 2.45) is 0 Å². The third-order valence-corrected chi connectivity index (χ3v) is 3.87. The Balaban J connectivity index is 2.43. The average Bonchev–Trinajstić information content (AvgIpc) is 2.38. The molecule has 0 bridgehead atoms. The molecule has 0 N–H and O–H groups in total. The molecule has 2 rings (SSSR count). The van der Waals surface area contributed by atoms with Crippen LogP contribution in [0, 0.1) is 0 Å². The molecule has 2 nitrogen and oxygen atoms in total. The van der Waals surface area contributed by atoms with Crippen LogP contribution in [0.5, 0.6) is 0 Å². The minimum Gasteiger partial charge on any atom is -0.224 e. The number of hydrogen-bond acceptors (Lipinski definition) is 2. The first-order valence-electron chi connectivity index (χ1n) is 5.54. The Labute approximate surface area is 108 Å². The van der Waals surface area contributed by atoms with Crippen molar-refractivity contribution in [1.82, 2.24) is 0 Å². The minimum absolute atomic E-state index is 0.339. The third kappa shape index (κ3) is 2.68. The summed E-state index contributed by atoms with van der Waals surface area (Å²) in [6.45, 7) is 3.73. The molecule has 0 saturated carbocycles. The highest BCUT2D eigenvalue weighted by molar-refractivity contribution is 7.90. The van der Waals surface area contributed by atoms with E-state index in [9.17, 15) is 8.42 Å². The van der Waals surface area contributed by atoms with Crippen molar-refractivity contribution < 1.29 is 8.42 Å². The van der Waals surface area contributed by atoms with E-state index in [4.69, 9.17) is 0 Å². The van der Waals surface area contributed by atoms with Gasteiger partial charge in [-0.3, -0.25) is 0 Å². The third-order valence-electron chi connectivity index (χ3n) is 2.74. The van der Waals surface area contributed by atoms with Crippen LogP contribution in [0.15, 0.2) is 60.0 Å². The Kier molecular flexibility index (Phi) is 3.34. The lowest BCUT2D eigenvalue weighted by molar-refractivity contribution is 0.602. The van der Waals surface area contributed by atoms with Crippen molar-refractivity contribution in [2.75, 3.05) is 6.26 Å². The lowest BCUT2D eigenvalue weighted by atomic mass is 10.0.